The van der Waals surface area contributed by atoms with E-state index >= 15 is 0 Å². The van der Waals surface area contributed by atoms with Crippen LogP contribution in [0.1, 0.15) is 6.92 Å². The summed E-state index contributed by atoms with van der Waals surface area (Å²) in [5, 5.41) is 0. The van der Waals surface area contributed by atoms with Crippen molar-refractivity contribution in [3.63, 3.8) is 0 Å². The molecule has 0 saturated carbocycles. The van der Waals surface area contributed by atoms with Gasteiger partial charge in [0.2, 0.25) is 0 Å². The summed E-state index contributed by atoms with van der Waals surface area (Å²) >= 11 is 0. The number of hydrogen-bond acceptors (Lipinski definition) is 1. The Bertz CT molecular complexity index is 134. The van der Waals surface area contributed by atoms with E-state index in [0.29, 0.717) is 12.5 Å². The summed E-state index contributed by atoms with van der Waals surface area (Å²) in [6.07, 6.45) is 9.63. The second kappa shape index (κ2) is 6.30. The average molecular weight is 137 g/mol. The Morgan fingerprint density at radius 1 is 1.40 bits per heavy atom. The van der Waals surface area contributed by atoms with Crippen molar-refractivity contribution in [2.75, 3.05) is 6.54 Å². The molecular weight excluding hydrogens is 122 g/mol. The molecule has 1 nitrogen and oxygen atoms in total. The highest BCUT2D eigenvalue weighted by molar-refractivity contribution is 5.09. The first-order valence-electron chi connectivity index (χ1n) is 3.47. The van der Waals surface area contributed by atoms with Crippen LogP contribution in [0.3, 0.4) is 0 Å². The summed E-state index contributed by atoms with van der Waals surface area (Å²) in [6.45, 7) is 6.34. The highest BCUT2D eigenvalue weighted by Gasteiger charge is 1.87. The lowest BCUT2D eigenvalue weighted by Gasteiger charge is -1.96. The smallest absolute Gasteiger partial charge is 0.00167 e. The van der Waals surface area contributed by atoms with Gasteiger partial charge in [-0.2, -0.15) is 0 Å². The third kappa shape index (κ3) is 5.32. The first-order valence-corrected chi connectivity index (χ1v) is 3.47. The van der Waals surface area contributed by atoms with Crippen molar-refractivity contribution in [1.29, 1.82) is 0 Å². The zero-order valence-electron chi connectivity index (χ0n) is 6.46. The minimum Gasteiger partial charge on any atom is -0.330 e. The minimum absolute atomic E-state index is 0.467. The van der Waals surface area contributed by atoms with Gasteiger partial charge in [-0.25, -0.2) is 0 Å². The maximum Gasteiger partial charge on any atom is -0.00167 e. The Kier molecular flexibility index (Phi) is 5.79. The fourth-order valence-corrected chi connectivity index (χ4v) is 0.475. The number of nitrogens with two attached hydrogens (primary N) is 1. The van der Waals surface area contributed by atoms with E-state index in [9.17, 15) is 0 Å². The standard InChI is InChI=1S/C9H15N/c1-3-4-5-6-7-9(2)8-10/h3-7,9H,1,8,10H2,2H3/b5-4-,7-6+. The van der Waals surface area contributed by atoms with Crippen molar-refractivity contribution in [2.45, 2.75) is 6.92 Å². The Balaban J connectivity index is 3.54. The van der Waals surface area contributed by atoms with Gasteiger partial charge in [0.15, 0.2) is 0 Å². The molecule has 0 spiro atoms. The molecule has 0 fully saturated rings. The Hall–Kier alpha value is -0.820. The molecule has 0 radical (unpaired) electrons. The molecule has 0 aromatic heterocycles. The first-order chi connectivity index (χ1) is 4.81. The average Bonchev–Trinajstić information content (AvgIpc) is 1.98. The van der Waals surface area contributed by atoms with Crippen LogP contribution in [0.25, 0.3) is 0 Å². The van der Waals surface area contributed by atoms with Gasteiger partial charge in [-0.3, -0.25) is 0 Å². The number of allylic oxidation sites excluding steroid dienone is 4. The molecule has 1 heteroatoms. The van der Waals surface area contributed by atoms with Gasteiger partial charge < -0.3 is 5.73 Å². The van der Waals surface area contributed by atoms with E-state index in [-0.39, 0.29) is 0 Å². The number of rotatable bonds is 4. The summed E-state index contributed by atoms with van der Waals surface area (Å²) in [4.78, 5) is 0. The molecule has 1 atom stereocenters. The molecule has 0 aliphatic carbocycles. The molecule has 0 amide bonds. The lowest BCUT2D eigenvalue weighted by Crippen LogP contribution is -2.07. The van der Waals surface area contributed by atoms with Crippen molar-refractivity contribution < 1.29 is 0 Å². The third-order valence-corrected chi connectivity index (χ3v) is 1.17. The molecule has 0 aliphatic heterocycles. The molecule has 2 N–H and O–H groups in total. The van der Waals surface area contributed by atoms with Crippen molar-refractivity contribution in [2.24, 2.45) is 11.7 Å². The van der Waals surface area contributed by atoms with Crippen molar-refractivity contribution in [3.8, 4) is 0 Å². The SMILES string of the molecule is C=C/C=C\C=C\C(C)CN. The first kappa shape index (κ1) is 9.18. The van der Waals surface area contributed by atoms with Crippen LogP contribution in [-0.2, 0) is 0 Å². The quantitative estimate of drug-likeness (QED) is 0.588. The third-order valence-electron chi connectivity index (χ3n) is 1.17. The van der Waals surface area contributed by atoms with Crippen LogP contribution in [0.15, 0.2) is 37.0 Å². The summed E-state index contributed by atoms with van der Waals surface area (Å²) in [5.41, 5.74) is 5.39. The van der Waals surface area contributed by atoms with Gasteiger partial charge in [0.25, 0.3) is 0 Å². The fraction of sp³-hybridized carbons (Fsp3) is 0.333. The zero-order valence-corrected chi connectivity index (χ0v) is 6.46. The molecule has 0 aliphatic rings. The Labute approximate surface area is 62.9 Å². The van der Waals surface area contributed by atoms with Crippen LogP contribution in [0.4, 0.5) is 0 Å². The summed E-state index contributed by atoms with van der Waals surface area (Å²) in [6, 6.07) is 0. The van der Waals surface area contributed by atoms with Crippen LogP contribution < -0.4 is 5.73 Å². The van der Waals surface area contributed by atoms with E-state index in [1.165, 1.54) is 0 Å². The van der Waals surface area contributed by atoms with Crippen LogP contribution in [0, 0.1) is 5.92 Å². The normalized spacial score (nSPS) is 14.6. The van der Waals surface area contributed by atoms with Crippen LogP contribution in [0.5, 0.6) is 0 Å². The van der Waals surface area contributed by atoms with Gasteiger partial charge in [-0.15, -0.1) is 0 Å². The lowest BCUT2D eigenvalue weighted by molar-refractivity contribution is 0.740. The van der Waals surface area contributed by atoms with Gasteiger partial charge in [0.1, 0.15) is 0 Å². The van der Waals surface area contributed by atoms with Crippen LogP contribution in [-0.4, -0.2) is 6.54 Å². The van der Waals surface area contributed by atoms with Gasteiger partial charge in [0.05, 0.1) is 0 Å². The van der Waals surface area contributed by atoms with E-state index < -0.39 is 0 Å². The maximum atomic E-state index is 5.39. The second-order valence-corrected chi connectivity index (χ2v) is 2.22. The molecule has 0 aromatic carbocycles. The fourth-order valence-electron chi connectivity index (χ4n) is 0.475. The molecular formula is C9H15N. The van der Waals surface area contributed by atoms with Crippen LogP contribution >= 0.6 is 0 Å². The largest absolute Gasteiger partial charge is 0.330 e. The Morgan fingerprint density at radius 2 is 2.10 bits per heavy atom. The lowest BCUT2D eigenvalue weighted by atomic mass is 10.2. The molecule has 0 aromatic rings. The molecule has 0 bridgehead atoms. The topological polar surface area (TPSA) is 26.0 Å². The maximum absolute atomic E-state index is 5.39. The zero-order chi connectivity index (χ0) is 7.82. The predicted octanol–water partition coefficient (Wildman–Crippen LogP) is 1.88. The van der Waals surface area contributed by atoms with E-state index in [1.54, 1.807) is 6.08 Å². The van der Waals surface area contributed by atoms with Gasteiger partial charge in [-0.05, 0) is 12.5 Å². The highest BCUT2D eigenvalue weighted by Crippen LogP contribution is 1.92. The van der Waals surface area contributed by atoms with Gasteiger partial charge in [0, 0.05) is 0 Å². The molecule has 0 saturated heterocycles. The van der Waals surface area contributed by atoms with Crippen molar-refractivity contribution in [1.82, 2.24) is 0 Å². The molecule has 56 valence electrons. The summed E-state index contributed by atoms with van der Waals surface area (Å²) in [7, 11) is 0. The van der Waals surface area contributed by atoms with E-state index in [0.717, 1.165) is 0 Å². The van der Waals surface area contributed by atoms with Gasteiger partial charge >= 0.3 is 0 Å². The number of hydrogen-bond donors (Lipinski definition) is 1. The van der Waals surface area contributed by atoms with Crippen molar-refractivity contribution in [3.05, 3.63) is 37.0 Å². The molecule has 0 rings (SSSR count). The molecule has 0 heterocycles. The molecule has 10 heavy (non-hydrogen) atoms. The monoisotopic (exact) mass is 137 g/mol. The summed E-state index contributed by atoms with van der Waals surface area (Å²) < 4.78 is 0. The molecule has 1 unspecified atom stereocenters. The minimum atomic E-state index is 0.467. The highest BCUT2D eigenvalue weighted by atomic mass is 14.5. The van der Waals surface area contributed by atoms with Crippen molar-refractivity contribution >= 4 is 0 Å². The Morgan fingerprint density at radius 3 is 2.60 bits per heavy atom. The van der Waals surface area contributed by atoms with E-state index in [4.69, 9.17) is 5.73 Å². The van der Waals surface area contributed by atoms with Crippen LogP contribution in [0.2, 0.25) is 0 Å². The van der Waals surface area contributed by atoms with Gasteiger partial charge in [-0.1, -0.05) is 43.9 Å². The predicted molar refractivity (Wildman–Crippen MR) is 46.7 cm³/mol. The van der Waals surface area contributed by atoms with E-state index in [1.807, 2.05) is 18.2 Å². The second-order valence-electron chi connectivity index (χ2n) is 2.22. The summed E-state index contributed by atoms with van der Waals surface area (Å²) in [5.74, 6) is 0.467. The van der Waals surface area contributed by atoms with E-state index in [2.05, 4.69) is 19.6 Å².